The molecule has 17 heavy (non-hydrogen) atoms. The third-order valence-electron chi connectivity index (χ3n) is 4.05. The molecule has 1 aliphatic carbocycles. The van der Waals surface area contributed by atoms with Crippen LogP contribution in [0.25, 0.3) is 0 Å². The number of ketones is 1. The molecular weight excluding hydrogens is 212 g/mol. The van der Waals surface area contributed by atoms with Crippen LogP contribution in [0.4, 0.5) is 0 Å². The molecule has 1 rings (SSSR count). The van der Waals surface area contributed by atoms with Crippen LogP contribution in [0.2, 0.25) is 0 Å². The second-order valence-corrected chi connectivity index (χ2v) is 5.57. The zero-order chi connectivity index (χ0) is 12.8. The van der Waals surface area contributed by atoms with Crippen LogP contribution in [-0.2, 0) is 4.79 Å². The minimum atomic E-state index is 0.0595. The number of aliphatic hydroxyl groups is 1. The largest absolute Gasteiger partial charge is 0.512 e. The van der Waals surface area contributed by atoms with Crippen molar-refractivity contribution in [2.75, 3.05) is 0 Å². The average molecular weight is 238 g/mol. The first-order valence-corrected chi connectivity index (χ1v) is 6.99. The van der Waals surface area contributed by atoms with Gasteiger partial charge in [0.25, 0.3) is 0 Å². The Labute approximate surface area is 105 Å². The van der Waals surface area contributed by atoms with Gasteiger partial charge in [-0.3, -0.25) is 4.79 Å². The maximum atomic E-state index is 11.9. The number of allylic oxidation sites excluding steroid dienone is 2. The molecule has 0 radical (unpaired) electrons. The summed E-state index contributed by atoms with van der Waals surface area (Å²) in [5.74, 6) is 1.22. The number of carbonyl (C=O) groups excluding carboxylic acids is 1. The molecule has 1 fully saturated rings. The van der Waals surface area contributed by atoms with Crippen molar-refractivity contribution in [2.24, 2.45) is 17.8 Å². The second-order valence-electron chi connectivity index (χ2n) is 5.57. The summed E-state index contributed by atoms with van der Waals surface area (Å²) in [6.45, 7) is 5.95. The van der Waals surface area contributed by atoms with Crippen LogP contribution in [0.15, 0.2) is 11.8 Å². The van der Waals surface area contributed by atoms with Gasteiger partial charge in [0.15, 0.2) is 5.78 Å². The highest BCUT2D eigenvalue weighted by atomic mass is 16.3. The van der Waals surface area contributed by atoms with Gasteiger partial charge in [0.2, 0.25) is 0 Å². The van der Waals surface area contributed by atoms with Crippen molar-refractivity contribution in [1.29, 1.82) is 0 Å². The Morgan fingerprint density at radius 3 is 2.41 bits per heavy atom. The molecular formula is C15H26O2. The van der Waals surface area contributed by atoms with E-state index in [2.05, 4.69) is 0 Å². The Morgan fingerprint density at radius 1 is 1.29 bits per heavy atom. The van der Waals surface area contributed by atoms with Gasteiger partial charge in [0.1, 0.15) is 0 Å². The molecule has 0 aromatic rings. The highest BCUT2D eigenvalue weighted by Crippen LogP contribution is 2.30. The van der Waals surface area contributed by atoms with Crippen LogP contribution < -0.4 is 0 Å². The van der Waals surface area contributed by atoms with Crippen LogP contribution in [-0.4, -0.2) is 10.9 Å². The van der Waals surface area contributed by atoms with E-state index in [0.29, 0.717) is 0 Å². The van der Waals surface area contributed by atoms with Gasteiger partial charge in [-0.2, -0.15) is 0 Å². The van der Waals surface area contributed by atoms with Gasteiger partial charge in [0, 0.05) is 17.9 Å². The zero-order valence-corrected chi connectivity index (χ0v) is 11.4. The minimum Gasteiger partial charge on any atom is -0.512 e. The van der Waals surface area contributed by atoms with Crippen LogP contribution in [0.1, 0.15) is 59.3 Å². The quantitative estimate of drug-likeness (QED) is 0.554. The van der Waals surface area contributed by atoms with Gasteiger partial charge in [0.05, 0.1) is 5.76 Å². The normalized spacial score (nSPS) is 21.5. The molecule has 1 aliphatic rings. The van der Waals surface area contributed by atoms with E-state index in [0.717, 1.165) is 18.8 Å². The molecule has 0 heterocycles. The van der Waals surface area contributed by atoms with Crippen LogP contribution in [0, 0.1) is 17.8 Å². The number of hydrogen-bond donors (Lipinski definition) is 1. The Kier molecular flexibility index (Phi) is 5.73. The molecule has 2 unspecified atom stereocenters. The second kappa shape index (κ2) is 6.83. The molecule has 2 heteroatoms. The van der Waals surface area contributed by atoms with E-state index >= 15 is 0 Å². The van der Waals surface area contributed by atoms with Crippen LogP contribution in [0.3, 0.4) is 0 Å². The highest BCUT2D eigenvalue weighted by molar-refractivity contribution is 5.91. The van der Waals surface area contributed by atoms with E-state index in [4.69, 9.17) is 0 Å². The third-order valence-corrected chi connectivity index (χ3v) is 4.05. The van der Waals surface area contributed by atoms with Gasteiger partial charge < -0.3 is 5.11 Å². The minimum absolute atomic E-state index is 0.0595. The predicted molar refractivity (Wildman–Crippen MR) is 70.9 cm³/mol. The van der Waals surface area contributed by atoms with Crippen LogP contribution in [0.5, 0.6) is 0 Å². The smallest absolute Gasteiger partial charge is 0.161 e. The first-order valence-electron chi connectivity index (χ1n) is 6.99. The fraction of sp³-hybridized carbons (Fsp3) is 0.800. The lowest BCUT2D eigenvalue weighted by Crippen LogP contribution is -2.13. The molecule has 2 nitrogen and oxygen atoms in total. The van der Waals surface area contributed by atoms with Gasteiger partial charge in [-0.1, -0.05) is 46.5 Å². The summed E-state index contributed by atoms with van der Waals surface area (Å²) in [5.41, 5.74) is 0. The zero-order valence-electron chi connectivity index (χ0n) is 11.4. The van der Waals surface area contributed by atoms with E-state index in [9.17, 15) is 9.90 Å². The SMILES string of the molecule is CCC(C)/C(O)=C/C(=O)C(C)CC1CCCC1. The molecule has 0 saturated heterocycles. The fourth-order valence-electron chi connectivity index (χ4n) is 2.50. The van der Waals surface area contributed by atoms with Crippen molar-refractivity contribution in [3.05, 3.63) is 11.8 Å². The van der Waals surface area contributed by atoms with Gasteiger partial charge >= 0.3 is 0 Å². The summed E-state index contributed by atoms with van der Waals surface area (Å²) in [7, 11) is 0. The maximum absolute atomic E-state index is 11.9. The summed E-state index contributed by atoms with van der Waals surface area (Å²) >= 11 is 0. The summed E-state index contributed by atoms with van der Waals surface area (Å²) < 4.78 is 0. The maximum Gasteiger partial charge on any atom is 0.161 e. The van der Waals surface area contributed by atoms with E-state index in [-0.39, 0.29) is 23.4 Å². The van der Waals surface area contributed by atoms with E-state index in [1.165, 1.54) is 31.8 Å². The molecule has 0 aromatic heterocycles. The predicted octanol–water partition coefficient (Wildman–Crippen LogP) is 4.26. The lowest BCUT2D eigenvalue weighted by atomic mass is 9.91. The number of carbonyl (C=O) groups is 1. The monoisotopic (exact) mass is 238 g/mol. The van der Waals surface area contributed by atoms with E-state index in [1.54, 1.807) is 0 Å². The third kappa shape index (κ3) is 4.53. The number of rotatable bonds is 6. The highest BCUT2D eigenvalue weighted by Gasteiger charge is 2.21. The Balaban J connectivity index is 2.45. The van der Waals surface area contributed by atoms with Crippen molar-refractivity contribution >= 4 is 5.78 Å². The Bertz CT molecular complexity index is 275. The van der Waals surface area contributed by atoms with Crippen molar-refractivity contribution in [1.82, 2.24) is 0 Å². The molecule has 0 amide bonds. The molecule has 1 saturated carbocycles. The summed E-state index contributed by atoms with van der Waals surface area (Å²) in [4.78, 5) is 11.9. The summed E-state index contributed by atoms with van der Waals surface area (Å²) in [6.07, 6.45) is 8.50. The van der Waals surface area contributed by atoms with E-state index < -0.39 is 0 Å². The van der Waals surface area contributed by atoms with Gasteiger partial charge in [-0.25, -0.2) is 0 Å². The topological polar surface area (TPSA) is 37.3 Å². The Hall–Kier alpha value is -0.790. The number of hydrogen-bond acceptors (Lipinski definition) is 2. The fourth-order valence-corrected chi connectivity index (χ4v) is 2.50. The molecule has 0 aliphatic heterocycles. The molecule has 1 N–H and O–H groups in total. The van der Waals surface area contributed by atoms with Crippen molar-refractivity contribution in [2.45, 2.75) is 59.3 Å². The molecule has 2 atom stereocenters. The summed E-state index contributed by atoms with van der Waals surface area (Å²) in [6, 6.07) is 0. The lowest BCUT2D eigenvalue weighted by Gasteiger charge is -2.14. The van der Waals surface area contributed by atoms with Crippen molar-refractivity contribution in [3.8, 4) is 0 Å². The summed E-state index contributed by atoms with van der Waals surface area (Å²) in [5, 5.41) is 9.74. The van der Waals surface area contributed by atoms with Gasteiger partial charge in [-0.15, -0.1) is 0 Å². The van der Waals surface area contributed by atoms with Crippen molar-refractivity contribution < 1.29 is 9.90 Å². The number of aliphatic hydroxyl groups excluding tert-OH is 1. The first-order chi connectivity index (χ1) is 8.04. The molecule has 0 aromatic carbocycles. The molecule has 0 spiro atoms. The average Bonchev–Trinajstić information content (AvgIpc) is 2.80. The van der Waals surface area contributed by atoms with E-state index in [1.807, 2.05) is 20.8 Å². The molecule has 98 valence electrons. The first kappa shape index (κ1) is 14.3. The van der Waals surface area contributed by atoms with Crippen molar-refractivity contribution in [3.63, 3.8) is 0 Å². The van der Waals surface area contributed by atoms with Crippen LogP contribution >= 0.6 is 0 Å². The van der Waals surface area contributed by atoms with Gasteiger partial charge in [-0.05, 0) is 18.8 Å². The Morgan fingerprint density at radius 2 is 1.88 bits per heavy atom. The molecule has 0 bridgehead atoms. The lowest BCUT2D eigenvalue weighted by molar-refractivity contribution is -0.118. The standard InChI is InChI=1S/C15H26O2/c1-4-11(2)14(16)10-15(17)12(3)9-13-7-5-6-8-13/h10-13,16H,4-9H2,1-3H3/b14-10-.